The van der Waals surface area contributed by atoms with Crippen LogP contribution in [-0.2, 0) is 13.3 Å². The zero-order valence-corrected chi connectivity index (χ0v) is 23.0. The maximum Gasteiger partial charge on any atom is 0.536 e. The van der Waals surface area contributed by atoms with Crippen molar-refractivity contribution in [2.45, 2.75) is 58.5 Å². The molecule has 0 heterocycles. The van der Waals surface area contributed by atoms with Crippen LogP contribution in [0.1, 0.15) is 52.4 Å². The minimum Gasteiger partial charge on any atom is -0.373 e. The molecule has 0 saturated carbocycles. The molecule has 3 aromatic rings. The second-order valence-electron chi connectivity index (χ2n) is 8.52. The first-order valence-corrected chi connectivity index (χ1v) is 15.5. The Morgan fingerprint density at radius 1 is 0.676 bits per heavy atom. The van der Waals surface area contributed by atoms with E-state index in [0.29, 0.717) is 0 Å². The lowest BCUT2D eigenvalue weighted by Crippen LogP contribution is -2.57. The first kappa shape index (κ1) is 26.8. The molecule has 5 heteroatoms. The van der Waals surface area contributed by atoms with Crippen molar-refractivity contribution in [3.8, 4) is 0 Å². The van der Waals surface area contributed by atoms with E-state index in [9.17, 15) is 0 Å². The first-order valence-electron chi connectivity index (χ1n) is 12.5. The molecule has 0 unspecified atom stereocenters. The lowest BCUT2D eigenvalue weighted by atomic mass is 10.1. The Morgan fingerprint density at radius 3 is 1.68 bits per heavy atom. The van der Waals surface area contributed by atoms with Gasteiger partial charge in [-0.05, 0) is 36.7 Å². The third-order valence-corrected chi connectivity index (χ3v) is 11.4. The van der Waals surface area contributed by atoms with Crippen LogP contribution in [0.3, 0.4) is 0 Å². The van der Waals surface area contributed by atoms with Crippen molar-refractivity contribution < 1.29 is 13.3 Å². The zero-order valence-electron chi connectivity index (χ0n) is 21.1. The number of benzene rings is 3. The summed E-state index contributed by atoms with van der Waals surface area (Å²) in [6.07, 6.45) is 7.11. The van der Waals surface area contributed by atoms with Crippen LogP contribution in [0.2, 0.25) is 0 Å². The number of unbranched alkanes of at least 4 members (excludes halogenated alkanes) is 3. The molecule has 182 valence electrons. The van der Waals surface area contributed by atoms with Crippen LogP contribution >= 0.6 is 7.92 Å². The van der Waals surface area contributed by atoms with E-state index in [2.05, 4.69) is 98.8 Å². The molecule has 0 aliphatic heterocycles. The normalized spacial score (nSPS) is 12.7. The van der Waals surface area contributed by atoms with Crippen molar-refractivity contribution in [1.82, 2.24) is 0 Å². The highest BCUT2D eigenvalue weighted by molar-refractivity contribution is 7.79. The summed E-state index contributed by atoms with van der Waals surface area (Å²) in [5, 5.41) is 5.00. The van der Waals surface area contributed by atoms with Gasteiger partial charge >= 0.3 is 8.80 Å². The van der Waals surface area contributed by atoms with E-state index in [-0.39, 0.29) is 6.10 Å². The highest BCUT2D eigenvalue weighted by Crippen LogP contribution is 2.32. The van der Waals surface area contributed by atoms with Gasteiger partial charge in [0.2, 0.25) is 0 Å². The molecule has 0 N–H and O–H groups in total. The van der Waals surface area contributed by atoms with Crippen LogP contribution in [0.5, 0.6) is 0 Å². The Hall–Kier alpha value is -1.81. The fraction of sp³-hybridized carbons (Fsp3) is 0.379. The van der Waals surface area contributed by atoms with E-state index in [1.165, 1.54) is 41.6 Å². The van der Waals surface area contributed by atoms with E-state index in [0.717, 1.165) is 18.0 Å². The molecule has 0 fully saturated rings. The monoisotopic (exact) mass is 494 g/mol. The van der Waals surface area contributed by atoms with Crippen LogP contribution in [-0.4, -0.2) is 29.1 Å². The summed E-state index contributed by atoms with van der Waals surface area (Å²) in [7, 11) is -0.189. The average molecular weight is 495 g/mol. The molecule has 0 saturated heterocycles. The molecular weight excluding hydrogens is 455 g/mol. The summed E-state index contributed by atoms with van der Waals surface area (Å²) in [6, 6.07) is 30.3. The van der Waals surface area contributed by atoms with Gasteiger partial charge in [0.15, 0.2) is 0 Å². The van der Waals surface area contributed by atoms with Crippen molar-refractivity contribution in [2.75, 3.05) is 14.2 Å². The second-order valence-corrected chi connectivity index (χ2v) is 13.5. The van der Waals surface area contributed by atoms with Gasteiger partial charge in [-0.15, -0.1) is 0 Å². The number of hydrogen-bond donors (Lipinski definition) is 0. The summed E-state index contributed by atoms with van der Waals surface area (Å²) in [6.45, 7) is 4.43. The maximum atomic E-state index is 6.62. The largest absolute Gasteiger partial charge is 0.536 e. The van der Waals surface area contributed by atoms with Crippen molar-refractivity contribution in [3.05, 3.63) is 84.9 Å². The van der Waals surface area contributed by atoms with Crippen molar-refractivity contribution in [3.63, 3.8) is 0 Å². The Labute approximate surface area is 208 Å². The summed E-state index contributed by atoms with van der Waals surface area (Å²) in [4.78, 5) is 0. The van der Waals surface area contributed by atoms with Crippen LogP contribution in [0.15, 0.2) is 84.9 Å². The fourth-order valence-electron chi connectivity index (χ4n) is 4.26. The smallest absolute Gasteiger partial charge is 0.373 e. The maximum absolute atomic E-state index is 6.62. The van der Waals surface area contributed by atoms with Crippen LogP contribution in [0, 0.1) is 0 Å². The SMILES string of the molecule is CCCCCC[C@@H](CC)O[Si](OC)(OC)c1ccc(P(c2ccccc2)c2ccccc2)cc1. The van der Waals surface area contributed by atoms with E-state index in [1.807, 2.05) is 0 Å². The van der Waals surface area contributed by atoms with Gasteiger partial charge in [-0.3, -0.25) is 0 Å². The summed E-state index contributed by atoms with van der Waals surface area (Å²) >= 11 is 0. The molecule has 0 radical (unpaired) electrons. The predicted molar refractivity (Wildman–Crippen MR) is 148 cm³/mol. The van der Waals surface area contributed by atoms with Crippen molar-refractivity contribution in [1.29, 1.82) is 0 Å². The van der Waals surface area contributed by atoms with Gasteiger partial charge in [-0.25, -0.2) is 0 Å². The summed E-state index contributed by atoms with van der Waals surface area (Å²) < 4.78 is 18.6. The Kier molecular flexibility index (Phi) is 11.0. The first-order chi connectivity index (χ1) is 16.7. The molecular formula is C29H39O3PSi. The predicted octanol–water partition coefficient (Wildman–Crippen LogP) is 5.65. The van der Waals surface area contributed by atoms with E-state index < -0.39 is 16.7 Å². The van der Waals surface area contributed by atoms with Crippen molar-refractivity contribution in [2.24, 2.45) is 0 Å². The van der Waals surface area contributed by atoms with Gasteiger partial charge in [-0.1, -0.05) is 124 Å². The third kappa shape index (κ3) is 6.87. The minimum atomic E-state index is -2.98. The minimum absolute atomic E-state index is 0.147. The molecule has 3 nitrogen and oxygen atoms in total. The highest BCUT2D eigenvalue weighted by Gasteiger charge is 2.44. The van der Waals surface area contributed by atoms with Gasteiger partial charge in [0, 0.05) is 25.5 Å². The Balaban J connectivity index is 1.86. The quantitative estimate of drug-likeness (QED) is 0.165. The molecule has 0 aliphatic carbocycles. The third-order valence-electron chi connectivity index (χ3n) is 6.20. The Bertz CT molecular complexity index is 907. The number of hydrogen-bond acceptors (Lipinski definition) is 3. The molecule has 34 heavy (non-hydrogen) atoms. The van der Waals surface area contributed by atoms with Gasteiger partial charge < -0.3 is 13.3 Å². The van der Waals surface area contributed by atoms with Crippen LogP contribution in [0.25, 0.3) is 0 Å². The topological polar surface area (TPSA) is 27.7 Å². The molecule has 0 aliphatic rings. The lowest BCUT2D eigenvalue weighted by Gasteiger charge is -2.31. The second kappa shape index (κ2) is 13.9. The van der Waals surface area contributed by atoms with E-state index in [4.69, 9.17) is 13.3 Å². The molecule has 0 bridgehead atoms. The highest BCUT2D eigenvalue weighted by atomic mass is 31.1. The standard InChI is InChI=1S/C29H39O3PSi/c1-5-7-8-11-16-25(6-2)32-34(30-3,31-4)29-23-21-28(22-24-29)33(26-17-12-9-13-18-26)27-19-14-10-15-20-27/h9-10,12-15,17-25H,5-8,11,16H2,1-4H3/t25-/m1/s1. The molecule has 0 aromatic heterocycles. The lowest BCUT2D eigenvalue weighted by molar-refractivity contribution is 0.0603. The van der Waals surface area contributed by atoms with Gasteiger partial charge in [0.25, 0.3) is 0 Å². The molecule has 1 atom stereocenters. The number of rotatable bonds is 14. The molecule has 3 rings (SSSR count). The van der Waals surface area contributed by atoms with E-state index in [1.54, 1.807) is 14.2 Å². The van der Waals surface area contributed by atoms with Crippen molar-refractivity contribution >= 4 is 37.8 Å². The molecule has 3 aromatic carbocycles. The average Bonchev–Trinajstić information content (AvgIpc) is 2.90. The van der Waals surface area contributed by atoms with Crippen LogP contribution < -0.4 is 21.1 Å². The zero-order chi connectivity index (χ0) is 24.2. The van der Waals surface area contributed by atoms with Gasteiger partial charge in [-0.2, -0.15) is 0 Å². The van der Waals surface area contributed by atoms with E-state index >= 15 is 0 Å². The van der Waals surface area contributed by atoms with Crippen LogP contribution in [0.4, 0.5) is 0 Å². The Morgan fingerprint density at radius 2 is 1.21 bits per heavy atom. The summed E-state index contributed by atoms with van der Waals surface area (Å²) in [5.41, 5.74) is 0. The molecule has 0 spiro atoms. The van der Waals surface area contributed by atoms with Gasteiger partial charge in [0.1, 0.15) is 0 Å². The summed E-state index contributed by atoms with van der Waals surface area (Å²) in [5.74, 6) is 0. The van der Waals surface area contributed by atoms with Gasteiger partial charge in [0.05, 0.1) is 0 Å². The molecule has 0 amide bonds. The fourth-order valence-corrected chi connectivity index (χ4v) is 8.81.